The van der Waals surface area contributed by atoms with Gasteiger partial charge in [0.15, 0.2) is 5.13 Å². The highest BCUT2D eigenvalue weighted by Gasteiger charge is 2.33. The number of nitrogens with zero attached hydrogens (tertiary/aromatic N) is 2. The molecule has 1 aliphatic rings. The van der Waals surface area contributed by atoms with Crippen LogP contribution in [0.5, 0.6) is 0 Å². The molecular formula is C23H22FN3O2S. The van der Waals surface area contributed by atoms with E-state index in [1.165, 1.54) is 23.5 Å². The summed E-state index contributed by atoms with van der Waals surface area (Å²) >= 11 is 1.38. The summed E-state index contributed by atoms with van der Waals surface area (Å²) in [6, 6.07) is 15.0. The molecule has 2 heterocycles. The molecule has 1 aromatic heterocycles. The van der Waals surface area contributed by atoms with Crippen LogP contribution in [0.25, 0.3) is 0 Å². The van der Waals surface area contributed by atoms with Gasteiger partial charge in [-0.15, -0.1) is 11.3 Å². The first-order valence-electron chi connectivity index (χ1n) is 9.94. The first-order chi connectivity index (χ1) is 14.6. The third-order valence-corrected chi connectivity index (χ3v) is 6.02. The predicted octanol–water partition coefficient (Wildman–Crippen LogP) is 4.57. The van der Waals surface area contributed by atoms with Crippen molar-refractivity contribution in [1.29, 1.82) is 0 Å². The van der Waals surface area contributed by atoms with Crippen LogP contribution in [0.2, 0.25) is 0 Å². The van der Waals surface area contributed by atoms with Crippen LogP contribution >= 0.6 is 11.3 Å². The van der Waals surface area contributed by atoms with E-state index in [2.05, 4.69) is 10.3 Å². The molecule has 1 saturated heterocycles. The van der Waals surface area contributed by atoms with Crippen molar-refractivity contribution in [2.45, 2.75) is 31.7 Å². The normalized spacial score (nSPS) is 15.1. The standard InChI is InChI=1S/C23H22FN3O2S/c24-18-11-9-16(10-12-18)14-19-15-25-23(30-19)26-22(29)21(17-6-2-1-3-7-17)27-13-5-4-8-20(27)28/h1-3,6-7,9-12,15,21H,4-5,8,13-14H2,(H,25,26,29). The topological polar surface area (TPSA) is 62.3 Å². The van der Waals surface area contributed by atoms with Crippen molar-refractivity contribution in [3.05, 3.63) is 82.6 Å². The maximum absolute atomic E-state index is 13.2. The Hall–Kier alpha value is -3.06. The first kappa shape index (κ1) is 20.2. The zero-order valence-corrected chi connectivity index (χ0v) is 17.2. The van der Waals surface area contributed by atoms with E-state index in [0.29, 0.717) is 24.5 Å². The van der Waals surface area contributed by atoms with Gasteiger partial charge in [0, 0.05) is 30.5 Å². The van der Waals surface area contributed by atoms with Crippen LogP contribution in [0.4, 0.5) is 9.52 Å². The van der Waals surface area contributed by atoms with E-state index in [0.717, 1.165) is 28.8 Å². The molecule has 7 heteroatoms. The summed E-state index contributed by atoms with van der Waals surface area (Å²) in [5.41, 5.74) is 1.76. The van der Waals surface area contributed by atoms with Crippen molar-refractivity contribution in [2.75, 3.05) is 11.9 Å². The second kappa shape index (κ2) is 9.17. The number of piperidine rings is 1. The number of likely N-dealkylation sites (tertiary alicyclic amines) is 1. The number of carbonyl (C=O) groups excluding carboxylic acids is 2. The molecule has 0 aliphatic carbocycles. The van der Waals surface area contributed by atoms with Crippen molar-refractivity contribution in [1.82, 2.24) is 9.88 Å². The number of carbonyl (C=O) groups is 2. The number of rotatable bonds is 6. The lowest BCUT2D eigenvalue weighted by molar-refractivity contribution is -0.141. The average molecular weight is 424 g/mol. The largest absolute Gasteiger partial charge is 0.327 e. The lowest BCUT2D eigenvalue weighted by Gasteiger charge is -2.33. The number of amides is 2. The van der Waals surface area contributed by atoms with Crippen LogP contribution in [0, 0.1) is 5.82 Å². The lowest BCUT2D eigenvalue weighted by atomic mass is 10.0. The number of thiazole rings is 1. The zero-order chi connectivity index (χ0) is 20.9. The minimum Gasteiger partial charge on any atom is -0.327 e. The summed E-state index contributed by atoms with van der Waals surface area (Å²) in [5.74, 6) is -0.532. The van der Waals surface area contributed by atoms with Crippen LogP contribution in [-0.2, 0) is 16.0 Å². The second-order valence-corrected chi connectivity index (χ2v) is 8.40. The molecule has 2 amide bonds. The lowest BCUT2D eigenvalue weighted by Crippen LogP contribution is -2.43. The van der Waals surface area contributed by atoms with Gasteiger partial charge in [-0.3, -0.25) is 14.9 Å². The van der Waals surface area contributed by atoms with Gasteiger partial charge in [0.25, 0.3) is 5.91 Å². The molecule has 1 fully saturated rings. The van der Waals surface area contributed by atoms with Gasteiger partial charge in [-0.2, -0.15) is 0 Å². The van der Waals surface area contributed by atoms with E-state index in [1.807, 2.05) is 30.3 Å². The van der Waals surface area contributed by atoms with E-state index < -0.39 is 6.04 Å². The number of aromatic nitrogens is 1. The van der Waals surface area contributed by atoms with E-state index in [9.17, 15) is 14.0 Å². The van der Waals surface area contributed by atoms with Crippen LogP contribution in [0.15, 0.2) is 60.8 Å². The summed E-state index contributed by atoms with van der Waals surface area (Å²) in [7, 11) is 0. The van der Waals surface area contributed by atoms with Gasteiger partial charge in [0.2, 0.25) is 5.91 Å². The van der Waals surface area contributed by atoms with E-state index in [1.54, 1.807) is 23.2 Å². The van der Waals surface area contributed by atoms with E-state index in [-0.39, 0.29) is 17.6 Å². The third kappa shape index (κ3) is 4.74. The molecule has 30 heavy (non-hydrogen) atoms. The molecule has 3 aromatic rings. The highest BCUT2D eigenvalue weighted by atomic mass is 32.1. The third-order valence-electron chi connectivity index (χ3n) is 5.11. The molecule has 1 aliphatic heterocycles. The fourth-order valence-corrected chi connectivity index (χ4v) is 4.48. The Kier molecular flexibility index (Phi) is 6.18. The summed E-state index contributed by atoms with van der Waals surface area (Å²) < 4.78 is 13.1. The number of halogens is 1. The minimum atomic E-state index is -0.677. The fraction of sp³-hybridized carbons (Fsp3) is 0.261. The summed E-state index contributed by atoms with van der Waals surface area (Å²) in [6.45, 7) is 0.569. The number of hydrogen-bond acceptors (Lipinski definition) is 4. The smallest absolute Gasteiger partial charge is 0.253 e. The Morgan fingerprint density at radius 1 is 1.13 bits per heavy atom. The molecular weight excluding hydrogens is 401 g/mol. The number of anilines is 1. The summed E-state index contributed by atoms with van der Waals surface area (Å²) in [6.07, 6.45) is 4.54. The molecule has 1 N–H and O–H groups in total. The number of benzene rings is 2. The Bertz CT molecular complexity index is 1020. The first-order valence-corrected chi connectivity index (χ1v) is 10.8. The molecule has 2 aromatic carbocycles. The molecule has 1 atom stereocenters. The van der Waals surface area contributed by atoms with Crippen LogP contribution < -0.4 is 5.32 Å². The van der Waals surface area contributed by atoms with Crippen molar-refractivity contribution >= 4 is 28.3 Å². The molecule has 1 unspecified atom stereocenters. The van der Waals surface area contributed by atoms with Gasteiger partial charge in [0.05, 0.1) is 0 Å². The van der Waals surface area contributed by atoms with Gasteiger partial charge >= 0.3 is 0 Å². The van der Waals surface area contributed by atoms with Gasteiger partial charge in [-0.25, -0.2) is 9.37 Å². The molecule has 154 valence electrons. The predicted molar refractivity (Wildman–Crippen MR) is 115 cm³/mol. The van der Waals surface area contributed by atoms with Crippen LogP contribution in [0.3, 0.4) is 0 Å². The highest BCUT2D eigenvalue weighted by molar-refractivity contribution is 7.15. The van der Waals surface area contributed by atoms with Crippen molar-refractivity contribution in [3.8, 4) is 0 Å². The van der Waals surface area contributed by atoms with Crippen molar-refractivity contribution in [3.63, 3.8) is 0 Å². The Morgan fingerprint density at radius 2 is 1.90 bits per heavy atom. The second-order valence-electron chi connectivity index (χ2n) is 7.28. The van der Waals surface area contributed by atoms with Gasteiger partial charge < -0.3 is 4.90 Å². The Morgan fingerprint density at radius 3 is 2.63 bits per heavy atom. The maximum atomic E-state index is 13.2. The molecule has 0 saturated carbocycles. The van der Waals surface area contributed by atoms with Gasteiger partial charge in [0.1, 0.15) is 11.9 Å². The minimum absolute atomic E-state index is 0.00129. The zero-order valence-electron chi connectivity index (χ0n) is 16.4. The monoisotopic (exact) mass is 423 g/mol. The van der Waals surface area contributed by atoms with E-state index >= 15 is 0 Å². The van der Waals surface area contributed by atoms with Crippen molar-refractivity contribution in [2.24, 2.45) is 0 Å². The quantitative estimate of drug-likeness (QED) is 0.632. The van der Waals surface area contributed by atoms with Gasteiger partial charge in [-0.05, 0) is 36.1 Å². The number of hydrogen-bond donors (Lipinski definition) is 1. The summed E-state index contributed by atoms with van der Waals surface area (Å²) in [4.78, 5) is 32.6. The Balaban J connectivity index is 1.50. The molecule has 5 nitrogen and oxygen atoms in total. The van der Waals surface area contributed by atoms with Crippen molar-refractivity contribution < 1.29 is 14.0 Å². The number of nitrogens with one attached hydrogen (secondary N) is 1. The summed E-state index contributed by atoms with van der Waals surface area (Å²) in [5, 5.41) is 3.38. The van der Waals surface area contributed by atoms with Gasteiger partial charge in [-0.1, -0.05) is 42.5 Å². The van der Waals surface area contributed by atoms with Crippen LogP contribution in [-0.4, -0.2) is 28.2 Å². The fourth-order valence-electron chi connectivity index (χ4n) is 3.63. The molecule has 0 spiro atoms. The molecule has 0 bridgehead atoms. The average Bonchev–Trinajstić information content (AvgIpc) is 3.19. The molecule has 0 radical (unpaired) electrons. The highest BCUT2D eigenvalue weighted by Crippen LogP contribution is 2.28. The maximum Gasteiger partial charge on any atom is 0.253 e. The van der Waals surface area contributed by atoms with E-state index in [4.69, 9.17) is 0 Å². The Labute approximate surface area is 178 Å². The van der Waals surface area contributed by atoms with Crippen LogP contribution in [0.1, 0.15) is 41.3 Å². The molecule has 4 rings (SSSR count). The SMILES string of the molecule is O=C(Nc1ncc(Cc2ccc(F)cc2)s1)C(c1ccccc1)N1CCCCC1=O.